The van der Waals surface area contributed by atoms with Gasteiger partial charge in [0.15, 0.2) is 5.58 Å². The van der Waals surface area contributed by atoms with Gasteiger partial charge in [-0.1, -0.05) is 36.4 Å². The summed E-state index contributed by atoms with van der Waals surface area (Å²) in [7, 11) is 4.55. The van der Waals surface area contributed by atoms with E-state index in [0.717, 1.165) is 21.9 Å². The fraction of sp³-hybridized carbons (Fsp3) is 0.148. The first-order valence-corrected chi connectivity index (χ1v) is 10.7. The zero-order chi connectivity index (χ0) is 23.7. The molecule has 34 heavy (non-hydrogen) atoms. The van der Waals surface area contributed by atoms with E-state index >= 15 is 0 Å². The summed E-state index contributed by atoms with van der Waals surface area (Å²) in [5.41, 5.74) is 4.28. The standard InChI is InChI=1S/C27H22N2O5/c1-31-24-18-9-5-4-8-17(18)21(25(29-24)32-2)14-16-12-13-23-22(15-16)28-26(34-23)19-10-6-7-11-20(19)27(30)33-3/h4-13,15H,14H2,1-3H3. The fourth-order valence-corrected chi connectivity index (χ4v) is 4.12. The van der Waals surface area contributed by atoms with E-state index in [0.29, 0.717) is 46.3 Å². The van der Waals surface area contributed by atoms with E-state index in [1.807, 2.05) is 48.5 Å². The first kappa shape index (κ1) is 21.5. The second-order valence-corrected chi connectivity index (χ2v) is 7.69. The number of carbonyl (C=O) groups excluding carboxylic acids is 1. The van der Waals surface area contributed by atoms with Crippen LogP contribution >= 0.6 is 0 Å². The Morgan fingerprint density at radius 1 is 0.853 bits per heavy atom. The molecule has 0 N–H and O–H groups in total. The number of nitrogens with zero attached hydrogens (tertiary/aromatic N) is 2. The molecular formula is C27H22N2O5. The van der Waals surface area contributed by atoms with Crippen LogP contribution in [-0.4, -0.2) is 37.3 Å². The van der Waals surface area contributed by atoms with Crippen molar-refractivity contribution in [1.29, 1.82) is 0 Å². The van der Waals surface area contributed by atoms with Gasteiger partial charge in [0.1, 0.15) is 5.52 Å². The van der Waals surface area contributed by atoms with Crippen LogP contribution in [0.3, 0.4) is 0 Å². The minimum absolute atomic E-state index is 0.363. The van der Waals surface area contributed by atoms with Crippen LogP contribution in [0, 0.1) is 0 Å². The van der Waals surface area contributed by atoms with Crippen molar-refractivity contribution in [3.63, 3.8) is 0 Å². The molecule has 0 saturated carbocycles. The van der Waals surface area contributed by atoms with Crippen molar-refractivity contribution < 1.29 is 23.4 Å². The summed E-state index contributed by atoms with van der Waals surface area (Å²) in [4.78, 5) is 21.4. The monoisotopic (exact) mass is 454 g/mol. The number of benzene rings is 3. The lowest BCUT2D eigenvalue weighted by molar-refractivity contribution is 0.0601. The predicted octanol–water partition coefficient (Wildman–Crippen LogP) is 5.44. The van der Waals surface area contributed by atoms with Crippen LogP contribution in [0.15, 0.2) is 71.1 Å². The van der Waals surface area contributed by atoms with Crippen molar-refractivity contribution in [1.82, 2.24) is 9.97 Å². The van der Waals surface area contributed by atoms with Gasteiger partial charge in [-0.2, -0.15) is 4.98 Å². The minimum Gasteiger partial charge on any atom is -0.481 e. The number of aromatic nitrogens is 2. The number of hydrogen-bond donors (Lipinski definition) is 0. The Bertz CT molecular complexity index is 1520. The normalized spacial score (nSPS) is 11.0. The van der Waals surface area contributed by atoms with Gasteiger partial charge >= 0.3 is 5.97 Å². The molecule has 0 bridgehead atoms. The van der Waals surface area contributed by atoms with E-state index in [1.165, 1.54) is 7.11 Å². The Kier molecular flexibility index (Phi) is 5.59. The van der Waals surface area contributed by atoms with Gasteiger partial charge in [0.2, 0.25) is 17.7 Å². The van der Waals surface area contributed by atoms with Crippen LogP contribution in [0.25, 0.3) is 33.3 Å². The van der Waals surface area contributed by atoms with Gasteiger partial charge in [0.25, 0.3) is 0 Å². The van der Waals surface area contributed by atoms with Crippen molar-refractivity contribution in [2.24, 2.45) is 0 Å². The first-order chi connectivity index (χ1) is 16.6. The first-order valence-electron chi connectivity index (χ1n) is 10.7. The minimum atomic E-state index is -0.440. The topological polar surface area (TPSA) is 83.7 Å². The molecule has 170 valence electrons. The van der Waals surface area contributed by atoms with Gasteiger partial charge in [-0.15, -0.1) is 0 Å². The molecule has 0 amide bonds. The van der Waals surface area contributed by atoms with Gasteiger partial charge in [0.05, 0.1) is 32.5 Å². The molecule has 0 saturated heterocycles. The third kappa shape index (κ3) is 3.71. The number of hydrogen-bond acceptors (Lipinski definition) is 7. The molecule has 7 nitrogen and oxygen atoms in total. The highest BCUT2D eigenvalue weighted by Gasteiger charge is 2.19. The largest absolute Gasteiger partial charge is 0.481 e. The van der Waals surface area contributed by atoms with Crippen LogP contribution in [0.4, 0.5) is 0 Å². The molecule has 0 spiro atoms. The summed E-state index contributed by atoms with van der Waals surface area (Å²) in [6, 6.07) is 20.9. The molecule has 0 radical (unpaired) electrons. The molecule has 0 aliphatic carbocycles. The highest BCUT2D eigenvalue weighted by molar-refractivity contribution is 5.96. The Morgan fingerprint density at radius 2 is 1.59 bits per heavy atom. The number of rotatable bonds is 6. The molecule has 3 aromatic carbocycles. The molecule has 0 fully saturated rings. The van der Waals surface area contributed by atoms with Crippen LogP contribution < -0.4 is 9.47 Å². The van der Waals surface area contributed by atoms with Gasteiger partial charge in [-0.3, -0.25) is 0 Å². The zero-order valence-electron chi connectivity index (χ0n) is 19.0. The Balaban J connectivity index is 1.57. The van der Waals surface area contributed by atoms with Gasteiger partial charge in [-0.25, -0.2) is 9.78 Å². The van der Waals surface area contributed by atoms with E-state index in [9.17, 15) is 4.79 Å². The average Bonchev–Trinajstić information content (AvgIpc) is 3.31. The van der Waals surface area contributed by atoms with Gasteiger partial charge in [-0.05, 0) is 41.3 Å². The molecule has 2 aromatic heterocycles. The predicted molar refractivity (Wildman–Crippen MR) is 128 cm³/mol. The molecule has 0 aliphatic rings. The van der Waals surface area contributed by atoms with Crippen molar-refractivity contribution in [2.75, 3.05) is 21.3 Å². The van der Waals surface area contributed by atoms with E-state index < -0.39 is 5.97 Å². The summed E-state index contributed by atoms with van der Waals surface area (Å²) >= 11 is 0. The quantitative estimate of drug-likeness (QED) is 0.316. The molecule has 0 atom stereocenters. The maximum Gasteiger partial charge on any atom is 0.338 e. The van der Waals surface area contributed by atoms with E-state index in [1.54, 1.807) is 32.4 Å². The molecular weight excluding hydrogens is 432 g/mol. The van der Waals surface area contributed by atoms with Gasteiger partial charge < -0.3 is 18.6 Å². The summed E-state index contributed by atoms with van der Waals surface area (Å²) in [5.74, 6) is 0.965. The second-order valence-electron chi connectivity index (χ2n) is 7.69. The molecule has 5 rings (SSSR count). The number of pyridine rings is 1. The van der Waals surface area contributed by atoms with Crippen molar-refractivity contribution in [3.8, 4) is 23.2 Å². The molecule has 0 unspecified atom stereocenters. The number of oxazole rings is 1. The second kappa shape index (κ2) is 8.86. The lowest BCUT2D eigenvalue weighted by Crippen LogP contribution is -2.03. The van der Waals surface area contributed by atoms with Crippen molar-refractivity contribution in [2.45, 2.75) is 6.42 Å². The van der Waals surface area contributed by atoms with Gasteiger partial charge in [0, 0.05) is 17.4 Å². The summed E-state index contributed by atoms with van der Waals surface area (Å²) in [6.45, 7) is 0. The van der Waals surface area contributed by atoms with Crippen LogP contribution in [0.2, 0.25) is 0 Å². The number of fused-ring (bicyclic) bond motifs is 2. The number of carbonyl (C=O) groups is 1. The fourth-order valence-electron chi connectivity index (χ4n) is 4.12. The number of esters is 1. The average molecular weight is 454 g/mol. The number of methoxy groups -OCH3 is 3. The van der Waals surface area contributed by atoms with Crippen molar-refractivity contribution >= 4 is 27.8 Å². The Morgan fingerprint density at radius 3 is 2.35 bits per heavy atom. The molecule has 5 aromatic rings. The highest BCUT2D eigenvalue weighted by atomic mass is 16.5. The summed E-state index contributed by atoms with van der Waals surface area (Å²) < 4.78 is 21.9. The smallest absolute Gasteiger partial charge is 0.338 e. The summed E-state index contributed by atoms with van der Waals surface area (Å²) in [6.07, 6.45) is 0.581. The third-order valence-electron chi connectivity index (χ3n) is 5.73. The maximum atomic E-state index is 12.2. The maximum absolute atomic E-state index is 12.2. The van der Waals surface area contributed by atoms with Crippen LogP contribution in [0.1, 0.15) is 21.5 Å². The summed E-state index contributed by atoms with van der Waals surface area (Å²) in [5, 5.41) is 1.93. The van der Waals surface area contributed by atoms with Crippen molar-refractivity contribution in [3.05, 3.63) is 83.4 Å². The Hall–Kier alpha value is -4.39. The Labute approximate surface area is 195 Å². The lowest BCUT2D eigenvalue weighted by Gasteiger charge is -2.14. The SMILES string of the molecule is COC(=O)c1ccccc1-c1nc2cc(Cc3c(OC)nc(OC)c4ccccc34)ccc2o1. The highest BCUT2D eigenvalue weighted by Crippen LogP contribution is 2.35. The lowest BCUT2D eigenvalue weighted by atomic mass is 9.99. The molecule has 0 aliphatic heterocycles. The van der Waals surface area contributed by atoms with E-state index in [2.05, 4.69) is 9.97 Å². The molecule has 2 heterocycles. The zero-order valence-corrected chi connectivity index (χ0v) is 19.0. The van der Waals surface area contributed by atoms with Crippen LogP contribution in [0.5, 0.6) is 11.8 Å². The van der Waals surface area contributed by atoms with Crippen LogP contribution in [-0.2, 0) is 11.2 Å². The van der Waals surface area contributed by atoms with E-state index in [4.69, 9.17) is 18.6 Å². The van der Waals surface area contributed by atoms with E-state index in [-0.39, 0.29) is 0 Å². The molecule has 7 heteroatoms. The number of ether oxygens (including phenoxy) is 3. The third-order valence-corrected chi connectivity index (χ3v) is 5.73.